The average molecular weight is 317 g/mol. The normalized spacial score (nSPS) is 23.3. The Morgan fingerprint density at radius 2 is 1.96 bits per heavy atom. The molecule has 0 bridgehead atoms. The van der Waals surface area contributed by atoms with Crippen LogP contribution in [0.3, 0.4) is 0 Å². The van der Waals surface area contributed by atoms with Crippen LogP contribution in [0.15, 0.2) is 12.1 Å². The van der Waals surface area contributed by atoms with Crippen molar-refractivity contribution in [1.29, 1.82) is 0 Å². The highest BCUT2D eigenvalue weighted by molar-refractivity contribution is 5.42. The average Bonchev–Trinajstić information content (AvgIpc) is 3.38. The second kappa shape index (κ2) is 6.71. The lowest BCUT2D eigenvalue weighted by atomic mass is 10.1. The fraction of sp³-hybridized carbons (Fsp3) is 0.765. The number of morpholine rings is 1. The van der Waals surface area contributed by atoms with Crippen molar-refractivity contribution < 1.29 is 4.74 Å². The van der Waals surface area contributed by atoms with E-state index in [1.54, 1.807) is 0 Å². The van der Waals surface area contributed by atoms with Gasteiger partial charge in [-0.25, -0.2) is 0 Å². The highest BCUT2D eigenvalue weighted by Gasteiger charge is 2.32. The summed E-state index contributed by atoms with van der Waals surface area (Å²) >= 11 is 0. The van der Waals surface area contributed by atoms with E-state index in [2.05, 4.69) is 44.1 Å². The third kappa shape index (κ3) is 3.65. The van der Waals surface area contributed by atoms with Crippen LogP contribution >= 0.6 is 0 Å². The predicted octanol–water partition coefficient (Wildman–Crippen LogP) is 0.807. The van der Waals surface area contributed by atoms with Crippen molar-refractivity contribution in [2.24, 2.45) is 0 Å². The summed E-state index contributed by atoms with van der Waals surface area (Å²) in [5.41, 5.74) is 1.17. The SMILES string of the molecule is CN(CCN1CCOCC1)C1CN(c2ccc(C3CC3)nn2)C1. The first-order valence-corrected chi connectivity index (χ1v) is 8.88. The van der Waals surface area contributed by atoms with Gasteiger partial charge >= 0.3 is 0 Å². The van der Waals surface area contributed by atoms with E-state index >= 15 is 0 Å². The molecule has 3 fully saturated rings. The Balaban J connectivity index is 1.20. The van der Waals surface area contributed by atoms with Crippen molar-refractivity contribution in [1.82, 2.24) is 20.0 Å². The van der Waals surface area contributed by atoms with Crippen LogP contribution in [0.1, 0.15) is 24.5 Å². The molecule has 2 saturated heterocycles. The minimum atomic E-state index is 0.640. The van der Waals surface area contributed by atoms with Gasteiger partial charge in [-0.1, -0.05) is 0 Å². The van der Waals surface area contributed by atoms with Crippen LogP contribution in [0.4, 0.5) is 5.82 Å². The van der Waals surface area contributed by atoms with E-state index in [1.807, 2.05) is 0 Å². The first kappa shape index (κ1) is 15.3. The Bertz CT molecular complexity index is 506. The van der Waals surface area contributed by atoms with E-state index in [4.69, 9.17) is 4.74 Å². The third-order valence-corrected chi connectivity index (χ3v) is 5.35. The molecule has 0 aromatic carbocycles. The molecule has 4 rings (SSSR count). The molecule has 0 spiro atoms. The first-order chi connectivity index (χ1) is 11.3. The summed E-state index contributed by atoms with van der Waals surface area (Å²) in [4.78, 5) is 7.32. The molecule has 1 aromatic heterocycles. The molecule has 3 aliphatic rings. The van der Waals surface area contributed by atoms with E-state index in [0.29, 0.717) is 12.0 Å². The largest absolute Gasteiger partial charge is 0.379 e. The Morgan fingerprint density at radius 3 is 2.61 bits per heavy atom. The van der Waals surface area contributed by atoms with E-state index in [-0.39, 0.29) is 0 Å². The summed E-state index contributed by atoms with van der Waals surface area (Å²) in [7, 11) is 2.24. The highest BCUT2D eigenvalue weighted by Crippen LogP contribution is 2.38. The standard InChI is InChI=1S/C17H27N5O/c1-20(6-7-21-8-10-23-11-9-21)15-12-22(13-15)17-5-4-16(18-19-17)14-2-3-14/h4-5,14-15H,2-3,6-13H2,1H3. The zero-order chi connectivity index (χ0) is 15.6. The van der Waals surface area contributed by atoms with Gasteiger partial charge in [0, 0.05) is 51.2 Å². The van der Waals surface area contributed by atoms with Crippen molar-refractivity contribution in [3.63, 3.8) is 0 Å². The smallest absolute Gasteiger partial charge is 0.151 e. The molecular formula is C17H27N5O. The maximum absolute atomic E-state index is 5.40. The van der Waals surface area contributed by atoms with Crippen molar-refractivity contribution in [3.05, 3.63) is 17.8 Å². The van der Waals surface area contributed by atoms with Crippen LogP contribution < -0.4 is 4.90 Å². The van der Waals surface area contributed by atoms with Gasteiger partial charge in [0.2, 0.25) is 0 Å². The lowest BCUT2D eigenvalue weighted by molar-refractivity contribution is 0.0318. The Morgan fingerprint density at radius 1 is 1.17 bits per heavy atom. The summed E-state index contributed by atoms with van der Waals surface area (Å²) < 4.78 is 5.40. The lowest BCUT2D eigenvalue weighted by Crippen LogP contribution is -2.59. The zero-order valence-corrected chi connectivity index (χ0v) is 14.0. The number of anilines is 1. The topological polar surface area (TPSA) is 44.7 Å². The molecule has 0 radical (unpaired) electrons. The molecule has 3 heterocycles. The van der Waals surface area contributed by atoms with Crippen LogP contribution in [0.2, 0.25) is 0 Å². The minimum Gasteiger partial charge on any atom is -0.379 e. The predicted molar refractivity (Wildman–Crippen MR) is 89.9 cm³/mol. The van der Waals surface area contributed by atoms with Gasteiger partial charge < -0.3 is 9.64 Å². The molecule has 1 aromatic rings. The number of nitrogens with zero attached hydrogens (tertiary/aromatic N) is 5. The van der Waals surface area contributed by atoms with Crippen LogP contribution in [0.25, 0.3) is 0 Å². The molecule has 23 heavy (non-hydrogen) atoms. The Labute approximate surface area is 138 Å². The molecule has 1 aliphatic carbocycles. The second-order valence-electron chi connectivity index (χ2n) is 7.08. The summed E-state index contributed by atoms with van der Waals surface area (Å²) in [5.74, 6) is 1.72. The van der Waals surface area contributed by atoms with Crippen molar-refractivity contribution >= 4 is 5.82 Å². The molecule has 126 valence electrons. The summed E-state index contributed by atoms with van der Waals surface area (Å²) in [6, 6.07) is 4.95. The fourth-order valence-corrected chi connectivity index (χ4v) is 3.33. The molecular weight excluding hydrogens is 290 g/mol. The summed E-state index contributed by atoms with van der Waals surface area (Å²) in [6.07, 6.45) is 2.57. The maximum atomic E-state index is 5.40. The maximum Gasteiger partial charge on any atom is 0.151 e. The number of likely N-dealkylation sites (N-methyl/N-ethyl adjacent to an activating group) is 1. The number of ether oxygens (including phenoxy) is 1. The van der Waals surface area contributed by atoms with Crippen molar-refractivity contribution in [2.75, 3.05) is 64.4 Å². The summed E-state index contributed by atoms with van der Waals surface area (Å²) in [6.45, 7) is 8.33. The van der Waals surface area contributed by atoms with Gasteiger partial charge in [-0.05, 0) is 32.0 Å². The molecule has 0 N–H and O–H groups in total. The highest BCUT2D eigenvalue weighted by atomic mass is 16.5. The molecule has 6 heteroatoms. The van der Waals surface area contributed by atoms with Gasteiger partial charge in [0.1, 0.15) is 0 Å². The Kier molecular flexibility index (Phi) is 4.46. The van der Waals surface area contributed by atoms with Gasteiger partial charge in [-0.3, -0.25) is 9.80 Å². The zero-order valence-electron chi connectivity index (χ0n) is 14.0. The summed E-state index contributed by atoms with van der Waals surface area (Å²) in [5, 5.41) is 8.80. The fourth-order valence-electron chi connectivity index (χ4n) is 3.33. The molecule has 0 unspecified atom stereocenters. The van der Waals surface area contributed by atoms with Gasteiger partial charge in [0.15, 0.2) is 5.82 Å². The number of aromatic nitrogens is 2. The quantitative estimate of drug-likeness (QED) is 0.774. The van der Waals surface area contributed by atoms with Gasteiger partial charge in [0.25, 0.3) is 0 Å². The number of rotatable bonds is 6. The van der Waals surface area contributed by atoms with Crippen LogP contribution in [-0.4, -0.2) is 85.6 Å². The van der Waals surface area contributed by atoms with Gasteiger partial charge in [0.05, 0.1) is 18.9 Å². The monoisotopic (exact) mass is 317 g/mol. The van der Waals surface area contributed by atoms with Crippen LogP contribution in [0.5, 0.6) is 0 Å². The van der Waals surface area contributed by atoms with Crippen LogP contribution in [-0.2, 0) is 4.74 Å². The van der Waals surface area contributed by atoms with E-state index in [1.165, 1.54) is 18.5 Å². The molecule has 0 atom stereocenters. The number of hydrogen-bond donors (Lipinski definition) is 0. The van der Waals surface area contributed by atoms with Gasteiger partial charge in [-0.15, -0.1) is 5.10 Å². The van der Waals surface area contributed by atoms with Crippen molar-refractivity contribution in [2.45, 2.75) is 24.8 Å². The Hall–Kier alpha value is -1.24. The van der Waals surface area contributed by atoms with E-state index in [9.17, 15) is 0 Å². The van der Waals surface area contributed by atoms with Crippen molar-refractivity contribution in [3.8, 4) is 0 Å². The molecule has 0 amide bonds. The first-order valence-electron chi connectivity index (χ1n) is 8.88. The minimum absolute atomic E-state index is 0.640. The lowest BCUT2D eigenvalue weighted by Gasteiger charge is -2.45. The van der Waals surface area contributed by atoms with Gasteiger partial charge in [-0.2, -0.15) is 5.10 Å². The number of hydrogen-bond acceptors (Lipinski definition) is 6. The molecule has 2 aliphatic heterocycles. The third-order valence-electron chi connectivity index (χ3n) is 5.35. The molecule has 1 saturated carbocycles. The van der Waals surface area contributed by atoms with E-state index < -0.39 is 0 Å². The second-order valence-corrected chi connectivity index (χ2v) is 7.08. The molecule has 6 nitrogen and oxygen atoms in total. The van der Waals surface area contributed by atoms with Crippen LogP contribution in [0, 0.1) is 0 Å². The van der Waals surface area contributed by atoms with E-state index in [0.717, 1.165) is 58.3 Å².